The Morgan fingerprint density at radius 2 is 1.83 bits per heavy atom. The van der Waals surface area contributed by atoms with Gasteiger partial charge in [0.25, 0.3) is 5.89 Å². The molecular weight excluding hydrogens is 320 g/mol. The van der Waals surface area contributed by atoms with Crippen molar-refractivity contribution in [3.8, 4) is 10.8 Å². The first-order valence-electron chi connectivity index (χ1n) is 7.88. The van der Waals surface area contributed by atoms with Gasteiger partial charge in [0, 0.05) is 26.3 Å². The van der Waals surface area contributed by atoms with Gasteiger partial charge >= 0.3 is 0 Å². The van der Waals surface area contributed by atoms with Gasteiger partial charge < -0.3 is 9.32 Å². The summed E-state index contributed by atoms with van der Waals surface area (Å²) in [7, 11) is 6.16. The third-order valence-electron chi connectivity index (χ3n) is 4.08. The molecule has 0 aliphatic rings. The van der Waals surface area contributed by atoms with Crippen LogP contribution in [0.3, 0.4) is 0 Å². The molecule has 0 aliphatic heterocycles. The summed E-state index contributed by atoms with van der Waals surface area (Å²) in [6.07, 6.45) is 0. The van der Waals surface area contributed by atoms with E-state index in [-0.39, 0.29) is 6.04 Å². The summed E-state index contributed by atoms with van der Waals surface area (Å²) in [5.41, 5.74) is 2.46. The van der Waals surface area contributed by atoms with Crippen molar-refractivity contribution in [1.29, 1.82) is 0 Å². The van der Waals surface area contributed by atoms with Crippen LogP contribution in [0.5, 0.6) is 0 Å². The molecule has 0 aliphatic carbocycles. The fourth-order valence-electron chi connectivity index (χ4n) is 2.42. The van der Waals surface area contributed by atoms with Crippen LogP contribution < -0.4 is 4.90 Å². The van der Waals surface area contributed by atoms with E-state index in [2.05, 4.69) is 58.2 Å². The van der Waals surface area contributed by atoms with Crippen LogP contribution in [0.25, 0.3) is 10.8 Å². The van der Waals surface area contributed by atoms with Crippen molar-refractivity contribution in [3.63, 3.8) is 0 Å². The molecule has 0 bridgehead atoms. The Bertz CT molecular complexity index is 765. The maximum absolute atomic E-state index is 5.84. The Labute approximate surface area is 146 Å². The molecule has 0 fully saturated rings. The highest BCUT2D eigenvalue weighted by Gasteiger charge is 2.19. The van der Waals surface area contributed by atoms with Crippen LogP contribution in [-0.4, -0.2) is 36.2 Å². The summed E-state index contributed by atoms with van der Waals surface area (Å²) >= 11 is 1.60. The van der Waals surface area contributed by atoms with Crippen LogP contribution in [0, 0.1) is 0 Å². The zero-order chi connectivity index (χ0) is 17.1. The van der Waals surface area contributed by atoms with Gasteiger partial charge in [-0.25, -0.2) is 0 Å². The molecule has 1 aromatic carbocycles. The fraction of sp³-hybridized carbons (Fsp3) is 0.333. The summed E-state index contributed by atoms with van der Waals surface area (Å²) < 4.78 is 5.84. The molecule has 0 saturated heterocycles. The standard InChI is InChI=1S/C18H22N4OS/c1-13(17-19-20-18(23-17)16-6-5-11-24-16)22(4)12-14-7-9-15(10-8-14)21(2)3/h5-11,13H,12H2,1-4H3/t13-/m0/s1. The van der Waals surface area contributed by atoms with Crippen molar-refractivity contribution in [2.45, 2.75) is 19.5 Å². The van der Waals surface area contributed by atoms with Crippen molar-refractivity contribution in [1.82, 2.24) is 15.1 Å². The molecule has 0 saturated carbocycles. The average molecular weight is 342 g/mol. The fourth-order valence-corrected chi connectivity index (χ4v) is 3.06. The summed E-state index contributed by atoms with van der Waals surface area (Å²) in [6, 6.07) is 12.6. The molecule has 0 unspecified atom stereocenters. The van der Waals surface area contributed by atoms with E-state index >= 15 is 0 Å². The molecule has 3 rings (SSSR count). The quantitative estimate of drug-likeness (QED) is 0.676. The summed E-state index contributed by atoms with van der Waals surface area (Å²) in [6.45, 7) is 2.91. The van der Waals surface area contributed by atoms with Crippen molar-refractivity contribution < 1.29 is 4.42 Å². The summed E-state index contributed by atoms with van der Waals surface area (Å²) in [5, 5.41) is 10.4. The topological polar surface area (TPSA) is 45.4 Å². The minimum atomic E-state index is 0.0553. The average Bonchev–Trinajstić information content (AvgIpc) is 3.25. The van der Waals surface area contributed by atoms with E-state index in [1.165, 1.54) is 11.3 Å². The number of hydrogen-bond donors (Lipinski definition) is 0. The van der Waals surface area contributed by atoms with Crippen LogP contribution in [-0.2, 0) is 6.54 Å². The molecule has 0 N–H and O–H groups in total. The lowest BCUT2D eigenvalue weighted by molar-refractivity contribution is 0.218. The third kappa shape index (κ3) is 3.66. The maximum atomic E-state index is 5.84. The van der Waals surface area contributed by atoms with Gasteiger partial charge in [0.2, 0.25) is 5.89 Å². The van der Waals surface area contributed by atoms with Crippen LogP contribution in [0.2, 0.25) is 0 Å². The highest BCUT2D eigenvalue weighted by Crippen LogP contribution is 2.27. The first kappa shape index (κ1) is 16.7. The molecular formula is C18H22N4OS. The highest BCUT2D eigenvalue weighted by atomic mass is 32.1. The monoisotopic (exact) mass is 342 g/mol. The van der Waals surface area contributed by atoms with Gasteiger partial charge in [-0.15, -0.1) is 21.5 Å². The van der Waals surface area contributed by atoms with Crippen LogP contribution in [0.15, 0.2) is 46.2 Å². The number of aromatic nitrogens is 2. The van der Waals surface area contributed by atoms with Crippen molar-refractivity contribution in [2.75, 3.05) is 26.0 Å². The van der Waals surface area contributed by atoms with E-state index in [1.807, 2.05) is 31.6 Å². The number of rotatable bonds is 6. The van der Waals surface area contributed by atoms with Gasteiger partial charge in [-0.2, -0.15) is 0 Å². The lowest BCUT2D eigenvalue weighted by Gasteiger charge is -2.22. The zero-order valence-corrected chi connectivity index (χ0v) is 15.2. The van der Waals surface area contributed by atoms with E-state index in [9.17, 15) is 0 Å². The number of nitrogens with zero attached hydrogens (tertiary/aromatic N) is 4. The lowest BCUT2D eigenvalue weighted by Crippen LogP contribution is -2.22. The van der Waals surface area contributed by atoms with Gasteiger partial charge in [-0.1, -0.05) is 18.2 Å². The Kier molecular flexibility index (Phi) is 4.97. The van der Waals surface area contributed by atoms with Crippen LogP contribution >= 0.6 is 11.3 Å². The minimum absolute atomic E-state index is 0.0553. The SMILES string of the molecule is C[C@@H](c1nnc(-c2cccs2)o1)N(C)Cc1ccc(N(C)C)cc1. The molecule has 0 amide bonds. The largest absolute Gasteiger partial charge is 0.418 e. The second-order valence-electron chi connectivity index (χ2n) is 6.07. The zero-order valence-electron chi connectivity index (χ0n) is 14.4. The molecule has 126 valence electrons. The smallest absolute Gasteiger partial charge is 0.257 e. The summed E-state index contributed by atoms with van der Waals surface area (Å²) in [5.74, 6) is 1.24. The number of benzene rings is 1. The Morgan fingerprint density at radius 1 is 1.08 bits per heavy atom. The minimum Gasteiger partial charge on any atom is -0.418 e. The predicted molar refractivity (Wildman–Crippen MR) is 98.3 cm³/mol. The van der Waals surface area contributed by atoms with Gasteiger partial charge in [0.1, 0.15) is 0 Å². The second kappa shape index (κ2) is 7.15. The van der Waals surface area contributed by atoms with E-state index in [4.69, 9.17) is 4.42 Å². The lowest BCUT2D eigenvalue weighted by atomic mass is 10.1. The van der Waals surface area contributed by atoms with E-state index in [1.54, 1.807) is 11.3 Å². The number of thiophene rings is 1. The first-order valence-corrected chi connectivity index (χ1v) is 8.76. The molecule has 0 spiro atoms. The second-order valence-corrected chi connectivity index (χ2v) is 7.02. The van der Waals surface area contributed by atoms with E-state index in [0.29, 0.717) is 11.8 Å². The van der Waals surface area contributed by atoms with Crippen molar-refractivity contribution in [2.24, 2.45) is 0 Å². The molecule has 2 heterocycles. The van der Waals surface area contributed by atoms with Crippen molar-refractivity contribution in [3.05, 3.63) is 53.2 Å². The highest BCUT2D eigenvalue weighted by molar-refractivity contribution is 7.13. The Morgan fingerprint density at radius 3 is 2.46 bits per heavy atom. The molecule has 24 heavy (non-hydrogen) atoms. The number of anilines is 1. The van der Waals surface area contributed by atoms with E-state index in [0.717, 1.165) is 11.4 Å². The van der Waals surface area contributed by atoms with E-state index < -0.39 is 0 Å². The predicted octanol–water partition coefficient (Wildman–Crippen LogP) is 4.06. The van der Waals surface area contributed by atoms with Crippen molar-refractivity contribution >= 4 is 17.0 Å². The Hall–Kier alpha value is -2.18. The number of hydrogen-bond acceptors (Lipinski definition) is 6. The molecule has 6 heteroatoms. The summed E-state index contributed by atoms with van der Waals surface area (Å²) in [4.78, 5) is 5.31. The molecule has 0 radical (unpaired) electrons. The Balaban J connectivity index is 1.67. The van der Waals surface area contributed by atoms with Gasteiger partial charge in [-0.3, -0.25) is 4.90 Å². The molecule has 3 aromatic rings. The van der Waals surface area contributed by atoms with Gasteiger partial charge in [0.05, 0.1) is 10.9 Å². The third-order valence-corrected chi connectivity index (χ3v) is 4.93. The van der Waals surface area contributed by atoms with Gasteiger partial charge in [0.15, 0.2) is 0 Å². The molecule has 1 atom stereocenters. The molecule has 5 nitrogen and oxygen atoms in total. The first-order chi connectivity index (χ1) is 11.5. The van der Waals surface area contributed by atoms with Gasteiger partial charge in [-0.05, 0) is 43.1 Å². The van der Waals surface area contributed by atoms with Crippen LogP contribution in [0.1, 0.15) is 24.4 Å². The normalized spacial score (nSPS) is 12.5. The van der Waals surface area contributed by atoms with Crippen LogP contribution in [0.4, 0.5) is 5.69 Å². The maximum Gasteiger partial charge on any atom is 0.257 e. The molecule has 2 aromatic heterocycles.